The highest BCUT2D eigenvalue weighted by atomic mass is 16.6. The maximum atomic E-state index is 12.4. The molecule has 7 nitrogen and oxygen atoms in total. The minimum Gasteiger partial charge on any atom is -0.486 e. The number of rotatable bonds is 5. The lowest BCUT2D eigenvalue weighted by molar-refractivity contribution is 0.171. The zero-order valence-electron chi connectivity index (χ0n) is 15.7. The number of hydrogen-bond donors (Lipinski definition) is 1. The number of amides is 2. The Morgan fingerprint density at radius 2 is 1.89 bits per heavy atom. The molecule has 0 atom stereocenters. The number of carbonyl (C=O) groups is 1. The topological polar surface area (TPSA) is 68.6 Å². The predicted molar refractivity (Wildman–Crippen MR) is 105 cm³/mol. The molecule has 0 saturated carbocycles. The Labute approximate surface area is 163 Å². The van der Waals surface area contributed by atoms with E-state index < -0.39 is 0 Å². The van der Waals surface area contributed by atoms with Crippen molar-refractivity contribution in [3.05, 3.63) is 72.1 Å². The highest BCUT2D eigenvalue weighted by molar-refractivity contribution is 5.73. The molecule has 0 spiro atoms. The lowest BCUT2D eigenvalue weighted by Crippen LogP contribution is -2.36. The van der Waals surface area contributed by atoms with E-state index in [1.54, 1.807) is 22.8 Å². The smallest absolute Gasteiger partial charge is 0.317 e. The van der Waals surface area contributed by atoms with Crippen LogP contribution in [0, 0.1) is 0 Å². The Bertz CT molecular complexity index is 955. The summed E-state index contributed by atoms with van der Waals surface area (Å²) in [6, 6.07) is 15.4. The lowest BCUT2D eigenvalue weighted by Gasteiger charge is -2.20. The van der Waals surface area contributed by atoms with Gasteiger partial charge in [0.25, 0.3) is 0 Å². The summed E-state index contributed by atoms with van der Waals surface area (Å²) in [5.74, 6) is 1.47. The molecule has 1 aromatic heterocycles. The Balaban J connectivity index is 1.32. The lowest BCUT2D eigenvalue weighted by atomic mass is 10.2. The molecule has 1 aliphatic rings. The third-order valence-electron chi connectivity index (χ3n) is 4.47. The van der Waals surface area contributed by atoms with E-state index in [1.807, 2.05) is 54.7 Å². The Morgan fingerprint density at radius 1 is 1.11 bits per heavy atom. The molecule has 1 N–H and O–H groups in total. The molecule has 1 aliphatic heterocycles. The first-order valence-electron chi connectivity index (χ1n) is 9.15. The number of urea groups is 1. The van der Waals surface area contributed by atoms with Crippen molar-refractivity contribution in [2.45, 2.75) is 13.1 Å². The molecule has 4 rings (SSSR count). The SMILES string of the molecule is CN(Cc1cnn(-c2ccccc2)c1)C(=O)NCc1ccc2c(c1)OCCO2. The van der Waals surface area contributed by atoms with Gasteiger partial charge in [0.05, 0.1) is 18.4 Å². The van der Waals surface area contributed by atoms with Crippen LogP contribution in [-0.4, -0.2) is 41.0 Å². The molecular weight excluding hydrogens is 356 g/mol. The summed E-state index contributed by atoms with van der Waals surface area (Å²) in [6.45, 7) is 2.00. The maximum absolute atomic E-state index is 12.4. The molecule has 144 valence electrons. The van der Waals surface area contributed by atoms with Crippen LogP contribution in [-0.2, 0) is 13.1 Å². The van der Waals surface area contributed by atoms with Crippen LogP contribution in [0.5, 0.6) is 11.5 Å². The zero-order valence-corrected chi connectivity index (χ0v) is 15.7. The molecule has 0 unspecified atom stereocenters. The fourth-order valence-corrected chi connectivity index (χ4v) is 3.02. The molecule has 2 amide bonds. The van der Waals surface area contributed by atoms with Gasteiger partial charge in [-0.15, -0.1) is 0 Å². The van der Waals surface area contributed by atoms with Crippen molar-refractivity contribution in [3.8, 4) is 17.2 Å². The summed E-state index contributed by atoms with van der Waals surface area (Å²) in [6.07, 6.45) is 3.71. The first-order valence-corrected chi connectivity index (χ1v) is 9.15. The molecule has 0 aliphatic carbocycles. The van der Waals surface area contributed by atoms with Crippen LogP contribution in [0.1, 0.15) is 11.1 Å². The first-order chi connectivity index (χ1) is 13.7. The summed E-state index contributed by atoms with van der Waals surface area (Å²) >= 11 is 0. The summed E-state index contributed by atoms with van der Waals surface area (Å²) in [4.78, 5) is 14.0. The molecule has 0 saturated heterocycles. The number of ether oxygens (including phenoxy) is 2. The quantitative estimate of drug-likeness (QED) is 0.741. The second kappa shape index (κ2) is 8.04. The van der Waals surface area contributed by atoms with E-state index >= 15 is 0 Å². The van der Waals surface area contributed by atoms with Crippen LogP contribution in [0.15, 0.2) is 60.9 Å². The fourth-order valence-electron chi connectivity index (χ4n) is 3.02. The van der Waals surface area contributed by atoms with E-state index in [4.69, 9.17) is 9.47 Å². The molecule has 28 heavy (non-hydrogen) atoms. The van der Waals surface area contributed by atoms with Gasteiger partial charge in [-0.25, -0.2) is 9.48 Å². The van der Waals surface area contributed by atoms with Crippen LogP contribution < -0.4 is 14.8 Å². The van der Waals surface area contributed by atoms with Crippen molar-refractivity contribution in [1.82, 2.24) is 20.0 Å². The van der Waals surface area contributed by atoms with Crippen molar-refractivity contribution in [2.75, 3.05) is 20.3 Å². The van der Waals surface area contributed by atoms with Crippen LogP contribution in [0.4, 0.5) is 4.79 Å². The van der Waals surface area contributed by atoms with Gasteiger partial charge >= 0.3 is 6.03 Å². The average molecular weight is 378 g/mol. The van der Waals surface area contributed by atoms with E-state index in [2.05, 4.69) is 10.4 Å². The van der Waals surface area contributed by atoms with E-state index in [9.17, 15) is 4.79 Å². The third-order valence-corrected chi connectivity index (χ3v) is 4.47. The number of carbonyl (C=O) groups excluding carboxylic acids is 1. The molecule has 2 aromatic carbocycles. The van der Waals surface area contributed by atoms with Gasteiger partial charge in [-0.3, -0.25) is 0 Å². The minimum atomic E-state index is -0.151. The van der Waals surface area contributed by atoms with Gasteiger partial charge in [-0.05, 0) is 29.8 Å². The second-order valence-electron chi connectivity index (χ2n) is 6.62. The van der Waals surface area contributed by atoms with E-state index in [1.165, 1.54) is 0 Å². The summed E-state index contributed by atoms with van der Waals surface area (Å²) in [5, 5.41) is 7.29. The van der Waals surface area contributed by atoms with Crippen LogP contribution in [0.25, 0.3) is 5.69 Å². The highest BCUT2D eigenvalue weighted by Crippen LogP contribution is 2.30. The first kappa shape index (κ1) is 17.9. The molecule has 0 bridgehead atoms. The Hall–Kier alpha value is -3.48. The number of nitrogens with one attached hydrogen (secondary N) is 1. The van der Waals surface area contributed by atoms with Crippen LogP contribution >= 0.6 is 0 Å². The number of fused-ring (bicyclic) bond motifs is 1. The van der Waals surface area contributed by atoms with E-state index in [0.717, 1.165) is 28.3 Å². The standard InChI is InChI=1S/C21H22N4O3/c1-24(14-17-13-23-25(15-17)18-5-3-2-4-6-18)21(26)22-12-16-7-8-19-20(11-16)28-10-9-27-19/h2-8,11,13,15H,9-10,12,14H2,1H3,(H,22,26). The van der Waals surface area contributed by atoms with Gasteiger partial charge in [0.15, 0.2) is 11.5 Å². The molecule has 7 heteroatoms. The monoisotopic (exact) mass is 378 g/mol. The molecule has 0 fully saturated rings. The van der Waals surface area contributed by atoms with Crippen LogP contribution in [0.2, 0.25) is 0 Å². The summed E-state index contributed by atoms with van der Waals surface area (Å²) < 4.78 is 12.9. The molecule has 0 radical (unpaired) electrons. The fraction of sp³-hybridized carbons (Fsp3) is 0.238. The number of benzene rings is 2. The van der Waals surface area contributed by atoms with Gasteiger partial charge in [0.1, 0.15) is 13.2 Å². The van der Waals surface area contributed by atoms with Crippen molar-refractivity contribution >= 4 is 6.03 Å². The minimum absolute atomic E-state index is 0.151. The zero-order chi connectivity index (χ0) is 19.3. The molecule has 2 heterocycles. The van der Waals surface area contributed by atoms with Gasteiger partial charge in [0.2, 0.25) is 0 Å². The van der Waals surface area contributed by atoms with E-state index in [0.29, 0.717) is 26.3 Å². The summed E-state index contributed by atoms with van der Waals surface area (Å²) in [5.41, 5.74) is 2.91. The van der Waals surface area contributed by atoms with Gasteiger partial charge in [-0.1, -0.05) is 24.3 Å². The van der Waals surface area contributed by atoms with Gasteiger partial charge in [-0.2, -0.15) is 5.10 Å². The van der Waals surface area contributed by atoms with Crippen molar-refractivity contribution in [2.24, 2.45) is 0 Å². The average Bonchev–Trinajstić information content (AvgIpc) is 3.21. The number of nitrogens with zero attached hydrogens (tertiary/aromatic N) is 3. The largest absolute Gasteiger partial charge is 0.486 e. The third kappa shape index (κ3) is 4.09. The van der Waals surface area contributed by atoms with Gasteiger partial charge in [0, 0.05) is 25.4 Å². The van der Waals surface area contributed by atoms with Crippen molar-refractivity contribution in [1.29, 1.82) is 0 Å². The van der Waals surface area contributed by atoms with E-state index in [-0.39, 0.29) is 6.03 Å². The Morgan fingerprint density at radius 3 is 2.71 bits per heavy atom. The van der Waals surface area contributed by atoms with Crippen molar-refractivity contribution < 1.29 is 14.3 Å². The highest BCUT2D eigenvalue weighted by Gasteiger charge is 2.14. The molecule has 3 aromatic rings. The molecular formula is C21H22N4O3. The van der Waals surface area contributed by atoms with Gasteiger partial charge < -0.3 is 19.7 Å². The maximum Gasteiger partial charge on any atom is 0.317 e. The number of aromatic nitrogens is 2. The van der Waals surface area contributed by atoms with Crippen LogP contribution in [0.3, 0.4) is 0 Å². The van der Waals surface area contributed by atoms with Crippen molar-refractivity contribution in [3.63, 3.8) is 0 Å². The second-order valence-corrected chi connectivity index (χ2v) is 6.62. The Kier molecular flexibility index (Phi) is 5.14. The number of para-hydroxylation sites is 1. The number of hydrogen-bond acceptors (Lipinski definition) is 4. The normalized spacial score (nSPS) is 12.5. The predicted octanol–water partition coefficient (Wildman–Crippen LogP) is 2.99. The summed E-state index contributed by atoms with van der Waals surface area (Å²) in [7, 11) is 1.76.